The van der Waals surface area contributed by atoms with E-state index in [1.165, 1.54) is 37.2 Å². The van der Waals surface area contributed by atoms with Crippen LogP contribution in [0.4, 0.5) is 5.69 Å². The summed E-state index contributed by atoms with van der Waals surface area (Å²) in [5, 5.41) is 61.2. The zero-order valence-electron chi connectivity index (χ0n) is 25.7. The second-order valence-electron chi connectivity index (χ2n) is 12.3. The first kappa shape index (κ1) is 32.7. The van der Waals surface area contributed by atoms with Crippen molar-refractivity contribution in [3.63, 3.8) is 0 Å². The fourth-order valence-corrected chi connectivity index (χ4v) is 6.98. The molecular formula is C33H38N4O9. The lowest BCUT2D eigenvalue weighted by Crippen LogP contribution is -2.65. The Labute approximate surface area is 265 Å². The number of anilines is 1. The number of phenolic OH excluding ortho intramolecular Hbond substituents is 2. The molecule has 0 aliphatic heterocycles. The molecule has 46 heavy (non-hydrogen) atoms. The van der Waals surface area contributed by atoms with Crippen molar-refractivity contribution in [3.8, 4) is 11.5 Å². The number of fused-ring (bicyclic) bond motifs is 3. The van der Waals surface area contributed by atoms with Crippen LogP contribution < -0.4 is 16.4 Å². The summed E-state index contributed by atoms with van der Waals surface area (Å²) in [7, 11) is 3.07. The van der Waals surface area contributed by atoms with E-state index in [9.17, 15) is 44.7 Å². The van der Waals surface area contributed by atoms with E-state index in [1.807, 2.05) is 6.92 Å². The Kier molecular flexibility index (Phi) is 8.69. The summed E-state index contributed by atoms with van der Waals surface area (Å²) in [5.74, 6) is -7.95. The van der Waals surface area contributed by atoms with Gasteiger partial charge in [0.15, 0.2) is 11.4 Å². The van der Waals surface area contributed by atoms with Gasteiger partial charge in [-0.15, -0.1) is 0 Å². The van der Waals surface area contributed by atoms with Crippen LogP contribution in [0.2, 0.25) is 0 Å². The molecule has 2 aromatic carbocycles. The van der Waals surface area contributed by atoms with E-state index in [0.29, 0.717) is 17.7 Å². The molecule has 0 heterocycles. The molecule has 1 saturated carbocycles. The van der Waals surface area contributed by atoms with Gasteiger partial charge in [0.05, 0.1) is 17.3 Å². The SMILES string of the molecule is CCCCNC(C(=O)Nc1ccc2c(c1O)C(O)=C1C(=O)[C@]3(O)C(O)=C(C(N)=O)C(=O)[C@@H](N(C)C)C3CC1C2)c1ccc(O)cc1. The number of amides is 2. The number of hydrogen-bond donors (Lipinski definition) is 8. The van der Waals surface area contributed by atoms with Crippen LogP contribution in [0.3, 0.4) is 0 Å². The lowest BCUT2D eigenvalue weighted by atomic mass is 9.57. The number of nitrogens with zero attached hydrogens (tertiary/aromatic N) is 1. The number of unbranched alkanes of at least 4 members (excludes halogenated alkanes) is 1. The Bertz CT molecular complexity index is 1680. The Hall–Kier alpha value is -4.72. The smallest absolute Gasteiger partial charge is 0.255 e. The maximum absolute atomic E-state index is 14.0. The van der Waals surface area contributed by atoms with Crippen LogP contribution in [-0.2, 0) is 25.6 Å². The molecule has 0 radical (unpaired) electrons. The number of Topliss-reactive ketones (excluding diaryl/α,β-unsaturated/α-hetero) is 2. The molecule has 5 rings (SSSR count). The number of nitrogens with one attached hydrogen (secondary N) is 2. The molecule has 0 aromatic heterocycles. The maximum atomic E-state index is 14.0. The molecular weight excluding hydrogens is 596 g/mol. The van der Waals surface area contributed by atoms with Crippen molar-refractivity contribution >= 4 is 34.8 Å². The number of carbonyl (C=O) groups excluding carboxylic acids is 4. The molecule has 5 atom stereocenters. The second-order valence-corrected chi connectivity index (χ2v) is 12.3. The molecule has 244 valence electrons. The average molecular weight is 635 g/mol. The standard InChI is InChI=1S/C33H38N4O9/c1-4-5-12-35-24(15-6-9-18(38)10-7-15)32(45)36-20-11-8-16-13-17-14-19-25(37(2)3)28(41)23(31(34)44)30(43)33(19,46)29(42)22(17)27(40)21(16)26(20)39/h6-11,17,19,24-25,35,38-40,43,46H,4-5,12-14H2,1-3H3,(H2,34,44)(H,36,45)/t17?,19?,24?,25-,33-/m0/s1. The van der Waals surface area contributed by atoms with Gasteiger partial charge in [0.2, 0.25) is 11.7 Å². The highest BCUT2D eigenvalue weighted by atomic mass is 16.3. The summed E-state index contributed by atoms with van der Waals surface area (Å²) in [5.41, 5.74) is 2.30. The fraction of sp³-hybridized carbons (Fsp3) is 0.394. The normalized spacial score (nSPS) is 24.8. The van der Waals surface area contributed by atoms with Gasteiger partial charge >= 0.3 is 0 Å². The molecule has 9 N–H and O–H groups in total. The van der Waals surface area contributed by atoms with Crippen molar-refractivity contribution in [2.24, 2.45) is 17.6 Å². The average Bonchev–Trinajstić information content (AvgIpc) is 2.99. The van der Waals surface area contributed by atoms with Gasteiger partial charge in [-0.25, -0.2) is 0 Å². The quantitative estimate of drug-likeness (QED) is 0.113. The van der Waals surface area contributed by atoms with E-state index in [2.05, 4.69) is 10.6 Å². The largest absolute Gasteiger partial charge is 0.508 e. The van der Waals surface area contributed by atoms with E-state index in [0.717, 1.165) is 12.8 Å². The number of carbonyl (C=O) groups is 4. The number of aliphatic hydroxyl groups is 3. The van der Waals surface area contributed by atoms with Crippen molar-refractivity contribution in [1.29, 1.82) is 0 Å². The number of likely N-dealkylation sites (N-methyl/N-ethyl adjacent to an activating group) is 1. The number of hydrogen-bond acceptors (Lipinski definition) is 11. The topological polar surface area (TPSA) is 223 Å². The zero-order chi connectivity index (χ0) is 33.7. The highest BCUT2D eigenvalue weighted by molar-refractivity contribution is 6.24. The molecule has 3 aliphatic carbocycles. The molecule has 13 nitrogen and oxygen atoms in total. The number of rotatable bonds is 9. The van der Waals surface area contributed by atoms with E-state index >= 15 is 0 Å². The van der Waals surface area contributed by atoms with Crippen molar-refractivity contribution in [3.05, 3.63) is 70.0 Å². The third-order valence-corrected chi connectivity index (χ3v) is 9.22. The zero-order valence-corrected chi connectivity index (χ0v) is 25.7. The third kappa shape index (κ3) is 5.19. The van der Waals surface area contributed by atoms with E-state index in [1.54, 1.807) is 18.2 Å². The summed E-state index contributed by atoms with van der Waals surface area (Å²) in [6.45, 7) is 2.53. The fourth-order valence-electron chi connectivity index (χ4n) is 6.98. The van der Waals surface area contributed by atoms with Crippen LogP contribution in [0, 0.1) is 11.8 Å². The lowest BCUT2D eigenvalue weighted by molar-refractivity contribution is -0.153. The van der Waals surface area contributed by atoms with Gasteiger partial charge in [0.1, 0.15) is 34.6 Å². The molecule has 3 aliphatic rings. The molecule has 2 aromatic rings. The Morgan fingerprint density at radius 2 is 1.74 bits per heavy atom. The van der Waals surface area contributed by atoms with Gasteiger partial charge in [-0.2, -0.15) is 0 Å². The minimum absolute atomic E-state index is 0.0250. The number of aromatic hydroxyl groups is 2. The van der Waals surface area contributed by atoms with Crippen LogP contribution in [0.5, 0.6) is 11.5 Å². The van der Waals surface area contributed by atoms with Crippen LogP contribution in [0.25, 0.3) is 5.76 Å². The molecule has 2 amide bonds. The first-order valence-electron chi connectivity index (χ1n) is 15.1. The first-order chi connectivity index (χ1) is 21.7. The summed E-state index contributed by atoms with van der Waals surface area (Å²) in [6, 6.07) is 7.16. The first-order valence-corrected chi connectivity index (χ1v) is 15.1. The number of benzene rings is 2. The monoisotopic (exact) mass is 634 g/mol. The van der Waals surface area contributed by atoms with Crippen molar-refractivity contribution < 1.29 is 44.7 Å². The Morgan fingerprint density at radius 3 is 2.35 bits per heavy atom. The number of aliphatic hydroxyl groups excluding tert-OH is 2. The van der Waals surface area contributed by atoms with Gasteiger partial charge < -0.3 is 41.9 Å². The van der Waals surface area contributed by atoms with Crippen LogP contribution >= 0.6 is 0 Å². The van der Waals surface area contributed by atoms with Gasteiger partial charge in [0.25, 0.3) is 5.91 Å². The number of primary amides is 1. The van der Waals surface area contributed by atoms with E-state index in [-0.39, 0.29) is 35.4 Å². The summed E-state index contributed by atoms with van der Waals surface area (Å²) >= 11 is 0. The molecule has 1 fully saturated rings. The van der Waals surface area contributed by atoms with E-state index < -0.39 is 75.7 Å². The van der Waals surface area contributed by atoms with Gasteiger partial charge in [-0.1, -0.05) is 31.5 Å². The van der Waals surface area contributed by atoms with Gasteiger partial charge in [-0.05, 0) is 75.1 Å². The number of ketones is 2. The van der Waals surface area contributed by atoms with Crippen molar-refractivity contribution in [2.75, 3.05) is 26.0 Å². The lowest BCUT2D eigenvalue weighted by Gasteiger charge is -2.50. The third-order valence-electron chi connectivity index (χ3n) is 9.22. The predicted molar refractivity (Wildman–Crippen MR) is 167 cm³/mol. The minimum atomic E-state index is -2.74. The second kappa shape index (κ2) is 12.2. The van der Waals surface area contributed by atoms with Crippen LogP contribution in [0.1, 0.15) is 48.9 Å². The molecule has 13 heteroatoms. The number of phenols is 2. The minimum Gasteiger partial charge on any atom is -0.508 e. The predicted octanol–water partition coefficient (Wildman–Crippen LogP) is 1.74. The Morgan fingerprint density at radius 1 is 1.07 bits per heavy atom. The molecule has 3 unspecified atom stereocenters. The van der Waals surface area contributed by atoms with Crippen LogP contribution in [0.15, 0.2) is 53.3 Å². The molecule has 0 saturated heterocycles. The molecule has 0 spiro atoms. The summed E-state index contributed by atoms with van der Waals surface area (Å²) < 4.78 is 0. The van der Waals surface area contributed by atoms with Gasteiger partial charge in [0, 0.05) is 11.5 Å². The molecule has 0 bridgehead atoms. The van der Waals surface area contributed by atoms with Crippen molar-refractivity contribution in [2.45, 2.75) is 50.3 Å². The summed E-state index contributed by atoms with van der Waals surface area (Å²) in [6.07, 6.45) is 1.79. The van der Waals surface area contributed by atoms with Gasteiger partial charge in [-0.3, -0.25) is 24.1 Å². The van der Waals surface area contributed by atoms with E-state index in [4.69, 9.17) is 5.73 Å². The van der Waals surface area contributed by atoms with Crippen LogP contribution in [-0.4, -0.2) is 86.1 Å². The number of nitrogens with two attached hydrogens (primary N) is 1. The summed E-state index contributed by atoms with van der Waals surface area (Å²) in [4.78, 5) is 54.4. The highest BCUT2D eigenvalue weighted by Crippen LogP contribution is 2.53. The van der Waals surface area contributed by atoms with Crippen molar-refractivity contribution in [1.82, 2.24) is 10.2 Å². The highest BCUT2D eigenvalue weighted by Gasteiger charge is 2.64. The maximum Gasteiger partial charge on any atom is 0.255 e. The Balaban J connectivity index is 1.54.